The van der Waals surface area contributed by atoms with E-state index >= 15 is 0 Å². The third-order valence-electron chi connectivity index (χ3n) is 5.46. The fourth-order valence-corrected chi connectivity index (χ4v) is 3.88. The number of imidazole rings is 1. The summed E-state index contributed by atoms with van der Waals surface area (Å²) in [5, 5.41) is 12.4. The quantitative estimate of drug-likeness (QED) is 0.745. The van der Waals surface area contributed by atoms with Gasteiger partial charge in [0.25, 0.3) is 5.91 Å². The van der Waals surface area contributed by atoms with Gasteiger partial charge in [-0.15, -0.1) is 0 Å². The van der Waals surface area contributed by atoms with E-state index in [0.29, 0.717) is 48.8 Å². The monoisotopic (exact) mass is 387 g/mol. The van der Waals surface area contributed by atoms with Gasteiger partial charge in [0.15, 0.2) is 5.76 Å². The Hall–Kier alpha value is -2.31. The SMILES string of the molecule is Cc1c(C(=O)N2CCC(O)(Cn3ccnc3C)CC2)oc2ccc(Cl)cc12. The molecular weight excluding hydrogens is 366 g/mol. The molecular formula is C20H22ClN3O3. The third-order valence-corrected chi connectivity index (χ3v) is 5.70. The number of hydrogen-bond acceptors (Lipinski definition) is 4. The number of likely N-dealkylation sites (tertiary alicyclic amines) is 1. The van der Waals surface area contributed by atoms with E-state index in [1.165, 1.54) is 0 Å². The summed E-state index contributed by atoms with van der Waals surface area (Å²) in [6.07, 6.45) is 4.63. The maximum Gasteiger partial charge on any atom is 0.289 e. The zero-order valence-electron chi connectivity index (χ0n) is 15.4. The van der Waals surface area contributed by atoms with Crippen molar-refractivity contribution in [1.29, 1.82) is 0 Å². The van der Waals surface area contributed by atoms with E-state index in [1.807, 2.05) is 30.7 Å². The molecule has 0 aliphatic carbocycles. The molecule has 6 nitrogen and oxygen atoms in total. The molecule has 1 saturated heterocycles. The highest BCUT2D eigenvalue weighted by Crippen LogP contribution is 2.31. The summed E-state index contributed by atoms with van der Waals surface area (Å²) in [6, 6.07) is 5.35. The highest BCUT2D eigenvalue weighted by atomic mass is 35.5. The molecule has 1 aliphatic heterocycles. The van der Waals surface area contributed by atoms with Crippen LogP contribution in [0.2, 0.25) is 5.02 Å². The summed E-state index contributed by atoms with van der Waals surface area (Å²) in [6.45, 7) is 5.25. The number of piperidine rings is 1. The Morgan fingerprint density at radius 3 is 2.74 bits per heavy atom. The molecule has 0 atom stereocenters. The summed E-state index contributed by atoms with van der Waals surface area (Å²) in [4.78, 5) is 18.9. The van der Waals surface area contributed by atoms with Gasteiger partial charge in [-0.25, -0.2) is 4.98 Å². The van der Waals surface area contributed by atoms with Gasteiger partial charge in [-0.2, -0.15) is 0 Å². The van der Waals surface area contributed by atoms with Crippen LogP contribution in [0.1, 0.15) is 34.8 Å². The number of carbonyl (C=O) groups excluding carboxylic acids is 1. The molecule has 1 amide bonds. The van der Waals surface area contributed by atoms with Crippen molar-refractivity contribution in [2.45, 2.75) is 38.8 Å². The minimum Gasteiger partial charge on any atom is -0.451 e. The van der Waals surface area contributed by atoms with Crippen molar-refractivity contribution < 1.29 is 14.3 Å². The molecule has 0 saturated carbocycles. The van der Waals surface area contributed by atoms with Crippen LogP contribution >= 0.6 is 11.6 Å². The van der Waals surface area contributed by atoms with Gasteiger partial charge in [0.2, 0.25) is 0 Å². The first-order valence-electron chi connectivity index (χ1n) is 9.04. The van der Waals surface area contributed by atoms with Crippen LogP contribution in [0.25, 0.3) is 11.0 Å². The van der Waals surface area contributed by atoms with E-state index in [0.717, 1.165) is 16.8 Å². The molecule has 3 heterocycles. The fourth-order valence-electron chi connectivity index (χ4n) is 3.71. The molecule has 1 aliphatic rings. The van der Waals surface area contributed by atoms with Crippen molar-refractivity contribution in [3.63, 3.8) is 0 Å². The number of benzene rings is 1. The standard InChI is InChI=1S/C20H22ClN3O3/c1-13-16-11-15(21)3-4-17(16)27-18(13)19(25)23-8-5-20(26,6-9-23)12-24-10-7-22-14(24)2/h3-4,7,10-11,26H,5-6,8-9,12H2,1-2H3. The number of aryl methyl sites for hydroxylation is 2. The molecule has 0 radical (unpaired) electrons. The molecule has 0 spiro atoms. The summed E-state index contributed by atoms with van der Waals surface area (Å²) in [5.74, 6) is 1.09. The summed E-state index contributed by atoms with van der Waals surface area (Å²) in [7, 11) is 0. The minimum absolute atomic E-state index is 0.138. The smallest absolute Gasteiger partial charge is 0.289 e. The molecule has 2 aromatic heterocycles. The normalized spacial score (nSPS) is 16.8. The number of rotatable bonds is 3. The van der Waals surface area contributed by atoms with Crippen LogP contribution in [-0.2, 0) is 6.54 Å². The number of furan rings is 1. The van der Waals surface area contributed by atoms with Crippen LogP contribution in [0.3, 0.4) is 0 Å². The summed E-state index contributed by atoms with van der Waals surface area (Å²) >= 11 is 6.06. The molecule has 27 heavy (non-hydrogen) atoms. The predicted octanol–water partition coefficient (Wildman–Crippen LogP) is 3.57. The van der Waals surface area contributed by atoms with E-state index in [9.17, 15) is 9.90 Å². The second-order valence-electron chi connectivity index (χ2n) is 7.32. The van der Waals surface area contributed by atoms with Gasteiger partial charge in [-0.3, -0.25) is 4.79 Å². The summed E-state index contributed by atoms with van der Waals surface area (Å²) in [5.41, 5.74) is 0.621. The van der Waals surface area contributed by atoms with Gasteiger partial charge in [-0.05, 0) is 44.9 Å². The average Bonchev–Trinajstić information content (AvgIpc) is 3.18. The number of aromatic nitrogens is 2. The first kappa shape index (κ1) is 18.1. The zero-order chi connectivity index (χ0) is 19.2. The Kier molecular flexibility index (Phi) is 4.48. The Balaban J connectivity index is 1.49. The van der Waals surface area contributed by atoms with Crippen molar-refractivity contribution >= 4 is 28.5 Å². The van der Waals surface area contributed by atoms with E-state index in [1.54, 1.807) is 23.2 Å². The Morgan fingerprint density at radius 1 is 1.33 bits per heavy atom. The largest absolute Gasteiger partial charge is 0.451 e. The lowest BCUT2D eigenvalue weighted by molar-refractivity contribution is -0.0301. The Morgan fingerprint density at radius 2 is 2.07 bits per heavy atom. The maximum atomic E-state index is 13.0. The fraction of sp³-hybridized carbons (Fsp3) is 0.400. The lowest BCUT2D eigenvalue weighted by Crippen LogP contribution is -2.48. The van der Waals surface area contributed by atoms with Gasteiger partial charge in [0.1, 0.15) is 11.4 Å². The Bertz CT molecular complexity index is 999. The highest BCUT2D eigenvalue weighted by molar-refractivity contribution is 6.31. The first-order valence-corrected chi connectivity index (χ1v) is 9.42. The zero-order valence-corrected chi connectivity index (χ0v) is 16.2. The van der Waals surface area contributed by atoms with Crippen molar-refractivity contribution in [3.05, 3.63) is 52.8 Å². The van der Waals surface area contributed by atoms with Crippen LogP contribution in [0.5, 0.6) is 0 Å². The van der Waals surface area contributed by atoms with Crippen LogP contribution in [0.4, 0.5) is 0 Å². The van der Waals surface area contributed by atoms with E-state index in [-0.39, 0.29) is 5.91 Å². The van der Waals surface area contributed by atoms with Crippen LogP contribution in [0, 0.1) is 13.8 Å². The first-order chi connectivity index (χ1) is 12.9. The van der Waals surface area contributed by atoms with Gasteiger partial charge in [0.05, 0.1) is 12.1 Å². The number of nitrogens with zero attached hydrogens (tertiary/aromatic N) is 3. The number of aliphatic hydroxyl groups is 1. The number of halogens is 1. The van der Waals surface area contributed by atoms with Crippen LogP contribution < -0.4 is 0 Å². The maximum absolute atomic E-state index is 13.0. The van der Waals surface area contributed by atoms with Gasteiger partial charge in [0, 0.05) is 41.5 Å². The molecule has 3 aromatic rings. The lowest BCUT2D eigenvalue weighted by atomic mass is 9.91. The number of fused-ring (bicyclic) bond motifs is 1. The van der Waals surface area contributed by atoms with E-state index < -0.39 is 5.60 Å². The van der Waals surface area contributed by atoms with E-state index in [2.05, 4.69) is 4.98 Å². The second kappa shape index (κ2) is 6.69. The van der Waals surface area contributed by atoms with Gasteiger partial charge >= 0.3 is 0 Å². The molecule has 1 fully saturated rings. The average molecular weight is 388 g/mol. The van der Waals surface area contributed by atoms with Gasteiger partial charge < -0.3 is 19.0 Å². The van der Waals surface area contributed by atoms with Crippen molar-refractivity contribution in [3.8, 4) is 0 Å². The molecule has 142 valence electrons. The topological polar surface area (TPSA) is 71.5 Å². The molecule has 1 aromatic carbocycles. The predicted molar refractivity (Wildman–Crippen MR) is 103 cm³/mol. The molecule has 4 rings (SSSR count). The third kappa shape index (κ3) is 3.35. The van der Waals surface area contributed by atoms with Crippen LogP contribution in [0.15, 0.2) is 35.0 Å². The number of amides is 1. The lowest BCUT2D eigenvalue weighted by Gasteiger charge is -2.38. The molecule has 7 heteroatoms. The molecule has 0 bridgehead atoms. The number of carbonyl (C=O) groups is 1. The van der Waals surface area contributed by atoms with Crippen molar-refractivity contribution in [1.82, 2.24) is 14.5 Å². The van der Waals surface area contributed by atoms with Crippen molar-refractivity contribution in [2.75, 3.05) is 13.1 Å². The molecule has 0 unspecified atom stereocenters. The van der Waals surface area contributed by atoms with Crippen LogP contribution in [-0.4, -0.2) is 44.2 Å². The van der Waals surface area contributed by atoms with Crippen molar-refractivity contribution in [2.24, 2.45) is 0 Å². The minimum atomic E-state index is -0.835. The highest BCUT2D eigenvalue weighted by Gasteiger charge is 2.36. The Labute approximate surface area is 162 Å². The second-order valence-corrected chi connectivity index (χ2v) is 7.75. The van der Waals surface area contributed by atoms with Gasteiger partial charge in [-0.1, -0.05) is 11.6 Å². The van der Waals surface area contributed by atoms with E-state index in [4.69, 9.17) is 16.0 Å². The summed E-state index contributed by atoms with van der Waals surface area (Å²) < 4.78 is 7.75. The molecule has 1 N–H and O–H groups in total. The number of hydrogen-bond donors (Lipinski definition) is 1.